The normalized spacial score (nSPS) is 9.84. The van der Waals surface area contributed by atoms with E-state index in [1.807, 2.05) is 0 Å². The van der Waals surface area contributed by atoms with Crippen LogP contribution in [0.15, 0.2) is 18.2 Å². The van der Waals surface area contributed by atoms with Crippen molar-refractivity contribution in [1.29, 1.82) is 0 Å². The number of nitrogens with zero attached hydrogens (tertiary/aromatic N) is 1. The number of ether oxygens (including phenoxy) is 2. The zero-order chi connectivity index (χ0) is 14.4. The summed E-state index contributed by atoms with van der Waals surface area (Å²) in [5.74, 6) is -0.458. The third-order valence-electron chi connectivity index (χ3n) is 2.71. The van der Waals surface area contributed by atoms with Gasteiger partial charge < -0.3 is 20.1 Å². The van der Waals surface area contributed by atoms with Gasteiger partial charge >= 0.3 is 5.97 Å². The number of amides is 1. The van der Waals surface area contributed by atoms with Crippen molar-refractivity contribution in [2.75, 3.05) is 33.0 Å². The van der Waals surface area contributed by atoms with Gasteiger partial charge in [-0.05, 0) is 19.1 Å². The fraction of sp³-hybridized carbons (Fsp3) is 0.385. The summed E-state index contributed by atoms with van der Waals surface area (Å²) in [5.41, 5.74) is 6.38. The van der Waals surface area contributed by atoms with E-state index in [0.717, 1.165) is 0 Å². The Kier molecular flexibility index (Phi) is 5.17. The molecular weight excluding hydrogens is 248 g/mol. The third kappa shape index (κ3) is 3.37. The number of carbonyl (C=O) groups excluding carboxylic acids is 2. The lowest BCUT2D eigenvalue weighted by molar-refractivity contribution is -0.141. The predicted octanol–water partition coefficient (Wildman–Crippen LogP) is 0.912. The van der Waals surface area contributed by atoms with Crippen LogP contribution in [0.25, 0.3) is 0 Å². The molecular formula is C13H18N2O4. The van der Waals surface area contributed by atoms with Crippen LogP contribution in [0.3, 0.4) is 0 Å². The average Bonchev–Trinajstić information content (AvgIpc) is 2.43. The summed E-state index contributed by atoms with van der Waals surface area (Å²) in [5, 5.41) is 0. The molecule has 19 heavy (non-hydrogen) atoms. The first-order valence-electron chi connectivity index (χ1n) is 5.83. The zero-order valence-corrected chi connectivity index (χ0v) is 11.3. The maximum absolute atomic E-state index is 12.4. The Morgan fingerprint density at radius 1 is 1.32 bits per heavy atom. The number of rotatable bonds is 5. The Morgan fingerprint density at radius 2 is 2.00 bits per heavy atom. The fourth-order valence-electron chi connectivity index (χ4n) is 1.65. The molecule has 0 unspecified atom stereocenters. The van der Waals surface area contributed by atoms with Crippen LogP contribution in [0.2, 0.25) is 0 Å². The molecule has 0 saturated carbocycles. The summed E-state index contributed by atoms with van der Waals surface area (Å²) in [7, 11) is 2.74. The lowest BCUT2D eigenvalue weighted by Crippen LogP contribution is -2.36. The van der Waals surface area contributed by atoms with Gasteiger partial charge in [-0.25, -0.2) is 0 Å². The molecule has 2 N–H and O–H groups in total. The molecule has 0 aliphatic carbocycles. The number of hydrogen-bond donors (Lipinski definition) is 1. The van der Waals surface area contributed by atoms with Gasteiger partial charge in [0.25, 0.3) is 5.91 Å². The highest BCUT2D eigenvalue weighted by atomic mass is 16.5. The molecule has 0 fully saturated rings. The number of carbonyl (C=O) groups is 2. The molecule has 1 rings (SSSR count). The first-order chi connectivity index (χ1) is 9.04. The maximum Gasteiger partial charge on any atom is 0.325 e. The van der Waals surface area contributed by atoms with Gasteiger partial charge in [0.2, 0.25) is 0 Å². The van der Waals surface area contributed by atoms with Crippen LogP contribution in [0.1, 0.15) is 17.3 Å². The van der Waals surface area contributed by atoms with E-state index in [4.69, 9.17) is 10.5 Å². The van der Waals surface area contributed by atoms with Crippen molar-refractivity contribution >= 4 is 17.6 Å². The van der Waals surface area contributed by atoms with E-state index in [2.05, 4.69) is 4.74 Å². The van der Waals surface area contributed by atoms with Crippen LogP contribution >= 0.6 is 0 Å². The van der Waals surface area contributed by atoms with Crippen LogP contribution < -0.4 is 10.5 Å². The van der Waals surface area contributed by atoms with Crippen molar-refractivity contribution in [2.24, 2.45) is 0 Å². The molecule has 0 aliphatic heterocycles. The summed E-state index contributed by atoms with van der Waals surface area (Å²) in [4.78, 5) is 25.0. The summed E-state index contributed by atoms with van der Waals surface area (Å²) in [6.07, 6.45) is 0. The number of nitrogens with two attached hydrogens (primary N) is 1. The highest BCUT2D eigenvalue weighted by molar-refractivity contribution is 6.02. The molecule has 0 atom stereocenters. The van der Waals surface area contributed by atoms with Gasteiger partial charge in [0.15, 0.2) is 0 Å². The molecule has 6 heteroatoms. The van der Waals surface area contributed by atoms with Crippen LogP contribution in [0.5, 0.6) is 5.75 Å². The molecule has 0 bridgehead atoms. The van der Waals surface area contributed by atoms with Crippen molar-refractivity contribution in [3.63, 3.8) is 0 Å². The molecule has 6 nitrogen and oxygen atoms in total. The third-order valence-corrected chi connectivity index (χ3v) is 2.71. The first kappa shape index (κ1) is 14.8. The van der Waals surface area contributed by atoms with Crippen LogP contribution in [-0.4, -0.2) is 44.1 Å². The Labute approximate surface area is 112 Å². The van der Waals surface area contributed by atoms with E-state index in [1.54, 1.807) is 25.1 Å². The minimum atomic E-state index is -0.483. The van der Waals surface area contributed by atoms with Crippen LogP contribution in [-0.2, 0) is 9.53 Å². The summed E-state index contributed by atoms with van der Waals surface area (Å²) < 4.78 is 9.69. The van der Waals surface area contributed by atoms with Gasteiger partial charge in [-0.2, -0.15) is 0 Å². The maximum atomic E-state index is 12.4. The van der Waals surface area contributed by atoms with E-state index < -0.39 is 5.97 Å². The molecule has 1 aromatic rings. The number of esters is 1. The summed E-state index contributed by atoms with van der Waals surface area (Å²) in [6, 6.07) is 4.96. The van der Waals surface area contributed by atoms with E-state index in [9.17, 15) is 9.59 Å². The second kappa shape index (κ2) is 6.63. The largest absolute Gasteiger partial charge is 0.496 e. The van der Waals surface area contributed by atoms with Gasteiger partial charge in [0.05, 0.1) is 14.2 Å². The lowest BCUT2D eigenvalue weighted by atomic mass is 10.1. The monoisotopic (exact) mass is 266 g/mol. The minimum Gasteiger partial charge on any atom is -0.496 e. The first-order valence-corrected chi connectivity index (χ1v) is 5.83. The van der Waals surface area contributed by atoms with Gasteiger partial charge in [-0.3, -0.25) is 9.59 Å². The topological polar surface area (TPSA) is 81.9 Å². The average molecular weight is 266 g/mol. The Hall–Kier alpha value is -2.24. The van der Waals surface area contributed by atoms with Crippen molar-refractivity contribution in [3.8, 4) is 5.75 Å². The number of likely N-dealkylation sites (N-methyl/N-ethyl adjacent to an activating group) is 1. The predicted molar refractivity (Wildman–Crippen MR) is 71.0 cm³/mol. The summed E-state index contributed by atoms with van der Waals surface area (Å²) >= 11 is 0. The minimum absolute atomic E-state index is 0.122. The van der Waals surface area contributed by atoms with Gasteiger partial charge in [0, 0.05) is 12.2 Å². The highest BCUT2D eigenvalue weighted by Gasteiger charge is 2.23. The van der Waals surface area contributed by atoms with Crippen molar-refractivity contribution < 1.29 is 19.1 Å². The SMILES string of the molecule is CCN(CC(=O)OC)C(=O)c1c(N)cccc1OC. The number of anilines is 1. The molecule has 0 aromatic heterocycles. The molecule has 104 valence electrons. The van der Waals surface area contributed by atoms with Crippen molar-refractivity contribution in [1.82, 2.24) is 4.90 Å². The Morgan fingerprint density at radius 3 is 2.53 bits per heavy atom. The van der Waals surface area contributed by atoms with Gasteiger partial charge in [-0.15, -0.1) is 0 Å². The fourth-order valence-corrected chi connectivity index (χ4v) is 1.65. The lowest BCUT2D eigenvalue weighted by Gasteiger charge is -2.21. The smallest absolute Gasteiger partial charge is 0.325 e. The standard InChI is InChI=1S/C13H18N2O4/c1-4-15(8-11(16)19-3)13(17)12-9(14)6-5-7-10(12)18-2/h5-7H,4,8,14H2,1-3H3. The van der Waals surface area contributed by atoms with E-state index >= 15 is 0 Å². The van der Waals surface area contributed by atoms with E-state index in [-0.39, 0.29) is 18.0 Å². The highest BCUT2D eigenvalue weighted by Crippen LogP contribution is 2.25. The number of benzene rings is 1. The molecule has 1 aromatic carbocycles. The van der Waals surface area contributed by atoms with Crippen LogP contribution in [0.4, 0.5) is 5.69 Å². The number of hydrogen-bond acceptors (Lipinski definition) is 5. The van der Waals surface area contributed by atoms with Gasteiger partial charge in [0.1, 0.15) is 17.9 Å². The molecule has 0 aliphatic rings. The molecule has 0 heterocycles. The summed E-state index contributed by atoms with van der Waals surface area (Å²) in [6.45, 7) is 2.02. The second-order valence-corrected chi connectivity index (χ2v) is 3.82. The quantitative estimate of drug-likeness (QED) is 0.633. The number of nitrogen functional groups attached to an aromatic ring is 1. The molecule has 0 spiro atoms. The van der Waals surface area contributed by atoms with Crippen molar-refractivity contribution in [2.45, 2.75) is 6.92 Å². The Balaban J connectivity index is 3.07. The van der Waals surface area contributed by atoms with Crippen LogP contribution in [0, 0.1) is 0 Å². The molecule has 1 amide bonds. The molecule has 0 radical (unpaired) electrons. The van der Waals surface area contributed by atoms with Crippen molar-refractivity contribution in [3.05, 3.63) is 23.8 Å². The van der Waals surface area contributed by atoms with E-state index in [0.29, 0.717) is 18.0 Å². The zero-order valence-electron chi connectivity index (χ0n) is 11.3. The van der Waals surface area contributed by atoms with E-state index in [1.165, 1.54) is 19.1 Å². The second-order valence-electron chi connectivity index (χ2n) is 3.82. The number of methoxy groups -OCH3 is 2. The Bertz CT molecular complexity index is 474. The molecule has 0 saturated heterocycles. The van der Waals surface area contributed by atoms with Gasteiger partial charge in [-0.1, -0.05) is 6.07 Å².